The monoisotopic (exact) mass is 330 g/mol. The second-order valence-corrected chi connectivity index (χ2v) is 7.58. The van der Waals surface area contributed by atoms with Crippen molar-refractivity contribution in [1.82, 2.24) is 19.6 Å². The molecule has 0 radical (unpaired) electrons. The van der Waals surface area contributed by atoms with Crippen LogP contribution in [0.2, 0.25) is 0 Å². The molecule has 0 unspecified atom stereocenters. The second-order valence-electron chi connectivity index (χ2n) is 6.55. The maximum atomic E-state index is 12.6. The Balaban J connectivity index is 1.40. The van der Waals surface area contributed by atoms with Crippen molar-refractivity contribution in [2.75, 3.05) is 13.1 Å². The number of likely N-dealkylation sites (tertiary alicyclic amines) is 2. The van der Waals surface area contributed by atoms with Crippen LogP contribution in [0.3, 0.4) is 0 Å². The van der Waals surface area contributed by atoms with E-state index in [1.54, 1.807) is 11.3 Å². The molecule has 2 fully saturated rings. The molecule has 2 aromatic heterocycles. The van der Waals surface area contributed by atoms with Gasteiger partial charge < -0.3 is 4.90 Å². The summed E-state index contributed by atoms with van der Waals surface area (Å²) in [5.41, 5.74) is 1.26. The Bertz CT molecular complexity index is 681. The first kappa shape index (κ1) is 14.9. The molecule has 1 amide bonds. The Hall–Kier alpha value is -1.66. The Morgan fingerprint density at radius 1 is 1.35 bits per heavy atom. The summed E-state index contributed by atoms with van der Waals surface area (Å²) in [6.07, 6.45) is 6.79. The molecule has 2 atom stereocenters. The molecule has 2 aromatic rings. The molecule has 2 aliphatic rings. The summed E-state index contributed by atoms with van der Waals surface area (Å²) in [5, 5.41) is 6.30. The lowest BCUT2D eigenvalue weighted by atomic mass is 10.1. The molecule has 122 valence electrons. The summed E-state index contributed by atoms with van der Waals surface area (Å²) in [5.74, 6) is 0.295. The van der Waals surface area contributed by atoms with Gasteiger partial charge in [-0.15, -0.1) is 11.3 Å². The van der Waals surface area contributed by atoms with Gasteiger partial charge in [0.05, 0.1) is 12.6 Å². The molecular formula is C17H22N4OS. The molecule has 2 saturated heterocycles. The van der Waals surface area contributed by atoms with E-state index in [4.69, 9.17) is 0 Å². The average molecular weight is 330 g/mol. The number of thiophene rings is 1. The number of carbonyl (C=O) groups excluding carboxylic acids is 1. The van der Waals surface area contributed by atoms with E-state index in [0.29, 0.717) is 24.4 Å². The van der Waals surface area contributed by atoms with Crippen LogP contribution in [0.25, 0.3) is 0 Å². The van der Waals surface area contributed by atoms with Gasteiger partial charge in [-0.1, -0.05) is 6.07 Å². The van der Waals surface area contributed by atoms with Crippen molar-refractivity contribution in [3.05, 3.63) is 40.3 Å². The highest BCUT2D eigenvalue weighted by atomic mass is 32.1. The van der Waals surface area contributed by atoms with Gasteiger partial charge in [0.15, 0.2) is 0 Å². The minimum atomic E-state index is 0.295. The molecule has 2 aliphatic heterocycles. The van der Waals surface area contributed by atoms with Crippen molar-refractivity contribution in [2.45, 2.75) is 37.9 Å². The fraction of sp³-hybridized carbons (Fsp3) is 0.529. The summed E-state index contributed by atoms with van der Waals surface area (Å²) < 4.78 is 1.86. The van der Waals surface area contributed by atoms with Crippen molar-refractivity contribution in [1.29, 1.82) is 0 Å². The van der Waals surface area contributed by atoms with Gasteiger partial charge in [-0.2, -0.15) is 5.10 Å². The van der Waals surface area contributed by atoms with E-state index in [1.165, 1.54) is 10.4 Å². The third kappa shape index (κ3) is 2.93. The van der Waals surface area contributed by atoms with Crippen LogP contribution in [-0.4, -0.2) is 50.7 Å². The Morgan fingerprint density at radius 3 is 2.96 bits per heavy atom. The number of aromatic nitrogens is 2. The first-order chi connectivity index (χ1) is 11.2. The smallest absolute Gasteiger partial charge is 0.228 e. The number of amides is 1. The fourth-order valence-corrected chi connectivity index (χ4v) is 4.73. The second kappa shape index (κ2) is 6.09. The molecule has 23 heavy (non-hydrogen) atoms. The lowest BCUT2D eigenvalue weighted by Gasteiger charge is -2.25. The van der Waals surface area contributed by atoms with Crippen molar-refractivity contribution >= 4 is 17.2 Å². The summed E-state index contributed by atoms with van der Waals surface area (Å²) in [6, 6.07) is 4.99. The largest absolute Gasteiger partial charge is 0.338 e. The normalized spacial score (nSPS) is 24.3. The minimum absolute atomic E-state index is 0.295. The van der Waals surface area contributed by atoms with E-state index >= 15 is 0 Å². The predicted molar refractivity (Wildman–Crippen MR) is 90.2 cm³/mol. The van der Waals surface area contributed by atoms with Gasteiger partial charge in [-0.25, -0.2) is 0 Å². The van der Waals surface area contributed by atoms with Crippen molar-refractivity contribution < 1.29 is 4.79 Å². The average Bonchev–Trinajstić information content (AvgIpc) is 3.26. The lowest BCUT2D eigenvalue weighted by Crippen LogP contribution is -2.40. The van der Waals surface area contributed by atoms with E-state index in [9.17, 15) is 4.79 Å². The van der Waals surface area contributed by atoms with Gasteiger partial charge >= 0.3 is 0 Å². The molecular weight excluding hydrogens is 308 g/mol. The number of hydrogen-bond donors (Lipinski definition) is 0. The van der Waals surface area contributed by atoms with Gasteiger partial charge in [-0.05, 0) is 24.3 Å². The molecule has 0 saturated carbocycles. The third-order valence-corrected chi connectivity index (χ3v) is 5.94. The van der Waals surface area contributed by atoms with Crippen molar-refractivity contribution in [3.8, 4) is 0 Å². The van der Waals surface area contributed by atoms with Gasteiger partial charge in [0.2, 0.25) is 5.91 Å². The van der Waals surface area contributed by atoms with E-state index < -0.39 is 0 Å². The number of aryl methyl sites for hydroxylation is 1. The van der Waals surface area contributed by atoms with Crippen LogP contribution in [0.15, 0.2) is 29.9 Å². The first-order valence-electron chi connectivity index (χ1n) is 8.24. The van der Waals surface area contributed by atoms with E-state index in [0.717, 1.165) is 32.5 Å². The summed E-state index contributed by atoms with van der Waals surface area (Å²) in [7, 11) is 1.96. The molecule has 5 nitrogen and oxygen atoms in total. The van der Waals surface area contributed by atoms with E-state index in [1.807, 2.05) is 29.4 Å². The highest BCUT2D eigenvalue weighted by molar-refractivity contribution is 7.10. The summed E-state index contributed by atoms with van der Waals surface area (Å²) >= 11 is 1.67. The van der Waals surface area contributed by atoms with Crippen LogP contribution in [0, 0.1) is 0 Å². The first-order valence-corrected chi connectivity index (χ1v) is 9.12. The molecule has 4 heterocycles. The van der Waals surface area contributed by atoms with Gasteiger partial charge in [-0.3, -0.25) is 14.4 Å². The van der Waals surface area contributed by atoms with Crippen LogP contribution in [0.1, 0.15) is 23.3 Å². The minimum Gasteiger partial charge on any atom is -0.338 e. The molecule has 4 rings (SSSR count). The quantitative estimate of drug-likeness (QED) is 0.860. The molecule has 0 aromatic carbocycles. The lowest BCUT2D eigenvalue weighted by molar-refractivity contribution is -0.131. The van der Waals surface area contributed by atoms with E-state index in [-0.39, 0.29) is 0 Å². The number of rotatable bonds is 4. The fourth-order valence-electron chi connectivity index (χ4n) is 4.03. The Kier molecular flexibility index (Phi) is 3.95. The van der Waals surface area contributed by atoms with Crippen molar-refractivity contribution in [3.63, 3.8) is 0 Å². The zero-order chi connectivity index (χ0) is 15.8. The Morgan fingerprint density at radius 2 is 2.22 bits per heavy atom. The number of nitrogens with zero attached hydrogens (tertiary/aromatic N) is 4. The SMILES string of the molecule is Cn1cc(CN2CC[C@@H]3[C@@H]2CCN3C(=O)Cc2cccs2)cn1. The van der Waals surface area contributed by atoms with Gasteiger partial charge in [0.25, 0.3) is 0 Å². The number of hydrogen-bond acceptors (Lipinski definition) is 4. The van der Waals surface area contributed by atoms with E-state index in [2.05, 4.69) is 27.2 Å². The Labute approximate surface area is 140 Å². The van der Waals surface area contributed by atoms with Gasteiger partial charge in [0.1, 0.15) is 0 Å². The maximum Gasteiger partial charge on any atom is 0.228 e. The standard InChI is InChI=1S/C17H22N4OS/c1-19-11-13(10-18-19)12-20-6-4-16-15(20)5-7-21(16)17(22)9-14-3-2-8-23-14/h2-3,8,10-11,15-16H,4-7,9,12H2,1H3/t15-,16+/m0/s1. The number of fused-ring (bicyclic) bond motifs is 1. The molecule has 0 aliphatic carbocycles. The zero-order valence-corrected chi connectivity index (χ0v) is 14.2. The third-order valence-electron chi connectivity index (χ3n) is 5.06. The zero-order valence-electron chi connectivity index (χ0n) is 13.4. The van der Waals surface area contributed by atoms with Crippen molar-refractivity contribution in [2.24, 2.45) is 7.05 Å². The van der Waals surface area contributed by atoms with Crippen LogP contribution < -0.4 is 0 Å². The molecule has 6 heteroatoms. The summed E-state index contributed by atoms with van der Waals surface area (Å²) in [4.78, 5) is 18.5. The van der Waals surface area contributed by atoms with Crippen LogP contribution in [0.4, 0.5) is 0 Å². The number of carbonyl (C=O) groups is 1. The molecule has 0 spiro atoms. The predicted octanol–water partition coefficient (Wildman–Crippen LogP) is 1.90. The van der Waals surface area contributed by atoms with Crippen LogP contribution in [0.5, 0.6) is 0 Å². The van der Waals surface area contributed by atoms with Crippen LogP contribution in [-0.2, 0) is 24.8 Å². The summed E-state index contributed by atoms with van der Waals surface area (Å²) in [6.45, 7) is 2.93. The molecule has 0 N–H and O–H groups in total. The maximum absolute atomic E-state index is 12.6. The van der Waals surface area contributed by atoms with Gasteiger partial charge in [0, 0.05) is 55.4 Å². The highest BCUT2D eigenvalue weighted by Crippen LogP contribution is 2.33. The molecule has 0 bridgehead atoms. The topological polar surface area (TPSA) is 41.4 Å². The highest BCUT2D eigenvalue weighted by Gasteiger charge is 2.44. The van der Waals surface area contributed by atoms with Crippen LogP contribution >= 0.6 is 11.3 Å².